The standard InChI is InChI=1S/C14H14N2O2/c17-9-15-14(5-1-2-6-14)11-3-4-12-10(7-11)8-13(18)16-12/h3-4,7H,1-2,5-6,8H2,(H,16,18). The van der Waals surface area contributed by atoms with Gasteiger partial charge in [0.1, 0.15) is 0 Å². The molecule has 1 aromatic rings. The van der Waals surface area contributed by atoms with Crippen LogP contribution < -0.4 is 5.32 Å². The largest absolute Gasteiger partial charge is 0.326 e. The van der Waals surface area contributed by atoms with Gasteiger partial charge in [-0.15, -0.1) is 0 Å². The Morgan fingerprint density at radius 1 is 1.28 bits per heavy atom. The summed E-state index contributed by atoms with van der Waals surface area (Å²) in [6, 6.07) is 5.89. The number of benzene rings is 1. The van der Waals surface area contributed by atoms with Crippen molar-refractivity contribution in [3.63, 3.8) is 0 Å². The SMILES string of the molecule is O=C=NC1(c2ccc3c(c2)CC(=O)N3)CCCC1. The molecular formula is C14H14N2O2. The second-order valence-electron chi connectivity index (χ2n) is 5.04. The zero-order valence-electron chi connectivity index (χ0n) is 10.0. The van der Waals surface area contributed by atoms with Crippen LogP contribution in [0.1, 0.15) is 36.8 Å². The summed E-state index contributed by atoms with van der Waals surface area (Å²) in [7, 11) is 0. The minimum Gasteiger partial charge on any atom is -0.326 e. The van der Waals surface area contributed by atoms with Crippen LogP contribution in [0.15, 0.2) is 23.2 Å². The van der Waals surface area contributed by atoms with Crippen LogP contribution in [0, 0.1) is 0 Å². The van der Waals surface area contributed by atoms with E-state index in [9.17, 15) is 9.59 Å². The Morgan fingerprint density at radius 2 is 2.06 bits per heavy atom. The van der Waals surface area contributed by atoms with Gasteiger partial charge in [0.2, 0.25) is 12.0 Å². The van der Waals surface area contributed by atoms with E-state index in [1.165, 1.54) is 0 Å². The molecule has 1 aliphatic carbocycles. The molecule has 92 valence electrons. The van der Waals surface area contributed by atoms with E-state index in [2.05, 4.69) is 10.3 Å². The van der Waals surface area contributed by atoms with Gasteiger partial charge < -0.3 is 5.32 Å². The summed E-state index contributed by atoms with van der Waals surface area (Å²) < 4.78 is 0. The number of rotatable bonds is 2. The highest BCUT2D eigenvalue weighted by molar-refractivity contribution is 5.99. The van der Waals surface area contributed by atoms with E-state index in [0.717, 1.165) is 42.5 Å². The Bertz CT molecular complexity index is 553. The van der Waals surface area contributed by atoms with Gasteiger partial charge in [-0.25, -0.2) is 4.79 Å². The van der Waals surface area contributed by atoms with Crippen molar-refractivity contribution in [3.8, 4) is 0 Å². The number of carbonyl (C=O) groups excluding carboxylic acids is 2. The highest BCUT2D eigenvalue weighted by atomic mass is 16.1. The predicted octanol–water partition coefficient (Wildman–Crippen LogP) is 2.29. The van der Waals surface area contributed by atoms with E-state index < -0.39 is 5.54 Å². The number of hydrogen-bond acceptors (Lipinski definition) is 3. The minimum absolute atomic E-state index is 0.0292. The van der Waals surface area contributed by atoms with Gasteiger partial charge in [0.25, 0.3) is 0 Å². The van der Waals surface area contributed by atoms with Gasteiger partial charge in [-0.05, 0) is 30.0 Å². The van der Waals surface area contributed by atoms with Crippen molar-refractivity contribution in [2.24, 2.45) is 4.99 Å². The fourth-order valence-corrected chi connectivity index (χ4v) is 3.03. The number of nitrogens with one attached hydrogen (secondary N) is 1. The molecule has 2 aliphatic rings. The lowest BCUT2D eigenvalue weighted by atomic mass is 9.87. The lowest BCUT2D eigenvalue weighted by Gasteiger charge is -2.23. The summed E-state index contributed by atoms with van der Waals surface area (Å²) in [6.45, 7) is 0. The molecule has 1 amide bonds. The molecule has 1 saturated carbocycles. The topological polar surface area (TPSA) is 58.5 Å². The molecule has 4 nitrogen and oxygen atoms in total. The first-order valence-electron chi connectivity index (χ1n) is 6.26. The number of aliphatic imine (C=N–C) groups is 1. The highest BCUT2D eigenvalue weighted by Gasteiger charge is 2.36. The lowest BCUT2D eigenvalue weighted by molar-refractivity contribution is -0.115. The Hall–Kier alpha value is -1.93. The normalized spacial score (nSPS) is 20.1. The van der Waals surface area contributed by atoms with E-state index >= 15 is 0 Å². The van der Waals surface area contributed by atoms with Gasteiger partial charge in [-0.3, -0.25) is 4.79 Å². The molecule has 1 heterocycles. The van der Waals surface area contributed by atoms with E-state index in [1.807, 2.05) is 18.2 Å². The van der Waals surface area contributed by atoms with Crippen molar-refractivity contribution in [1.82, 2.24) is 0 Å². The molecule has 4 heteroatoms. The average Bonchev–Trinajstić information content (AvgIpc) is 2.94. The summed E-state index contributed by atoms with van der Waals surface area (Å²) in [5, 5.41) is 2.81. The Morgan fingerprint density at radius 3 is 2.78 bits per heavy atom. The molecule has 18 heavy (non-hydrogen) atoms. The van der Waals surface area contributed by atoms with E-state index in [1.54, 1.807) is 6.08 Å². The fraction of sp³-hybridized carbons (Fsp3) is 0.429. The molecule has 0 atom stereocenters. The summed E-state index contributed by atoms with van der Waals surface area (Å²) in [4.78, 5) is 26.1. The van der Waals surface area contributed by atoms with Gasteiger partial charge >= 0.3 is 0 Å². The molecule has 1 aromatic carbocycles. The second-order valence-corrected chi connectivity index (χ2v) is 5.04. The quantitative estimate of drug-likeness (QED) is 0.639. The average molecular weight is 242 g/mol. The van der Waals surface area contributed by atoms with Crippen LogP contribution in [0.5, 0.6) is 0 Å². The molecule has 0 aromatic heterocycles. The summed E-state index contributed by atoms with van der Waals surface area (Å²) >= 11 is 0. The Balaban J connectivity index is 2.04. The van der Waals surface area contributed by atoms with Crippen LogP contribution in [-0.4, -0.2) is 12.0 Å². The lowest BCUT2D eigenvalue weighted by Crippen LogP contribution is -2.18. The van der Waals surface area contributed by atoms with Crippen LogP contribution in [0.4, 0.5) is 5.69 Å². The monoisotopic (exact) mass is 242 g/mol. The molecule has 3 rings (SSSR count). The summed E-state index contributed by atoms with van der Waals surface area (Å²) in [5.74, 6) is 0.0292. The number of anilines is 1. The van der Waals surface area contributed by atoms with Crippen LogP contribution in [0.2, 0.25) is 0 Å². The van der Waals surface area contributed by atoms with Crippen molar-refractivity contribution in [3.05, 3.63) is 29.3 Å². The van der Waals surface area contributed by atoms with Gasteiger partial charge in [0, 0.05) is 5.69 Å². The number of carbonyl (C=O) groups is 1. The maximum atomic E-state index is 11.3. The van der Waals surface area contributed by atoms with E-state index in [0.29, 0.717) is 6.42 Å². The first kappa shape index (κ1) is 11.2. The first-order chi connectivity index (χ1) is 8.73. The third kappa shape index (κ3) is 1.66. The van der Waals surface area contributed by atoms with Gasteiger partial charge in [0.15, 0.2) is 0 Å². The number of fused-ring (bicyclic) bond motifs is 1. The van der Waals surface area contributed by atoms with Gasteiger partial charge in [0.05, 0.1) is 12.0 Å². The van der Waals surface area contributed by atoms with Crippen molar-refractivity contribution in [1.29, 1.82) is 0 Å². The molecule has 0 bridgehead atoms. The first-order valence-corrected chi connectivity index (χ1v) is 6.26. The number of amides is 1. The fourth-order valence-electron chi connectivity index (χ4n) is 3.03. The Kier molecular flexibility index (Phi) is 2.53. The molecule has 0 unspecified atom stereocenters. The van der Waals surface area contributed by atoms with Crippen LogP contribution in [-0.2, 0) is 21.5 Å². The minimum atomic E-state index is -0.400. The van der Waals surface area contributed by atoms with Gasteiger partial charge in [-0.1, -0.05) is 25.0 Å². The number of nitrogens with zero attached hydrogens (tertiary/aromatic N) is 1. The second kappa shape index (κ2) is 4.07. The van der Waals surface area contributed by atoms with Crippen molar-refractivity contribution >= 4 is 17.7 Å². The maximum absolute atomic E-state index is 11.3. The van der Waals surface area contributed by atoms with Crippen LogP contribution in [0.25, 0.3) is 0 Å². The molecule has 0 radical (unpaired) electrons. The molecular weight excluding hydrogens is 228 g/mol. The summed E-state index contributed by atoms with van der Waals surface area (Å²) in [6.07, 6.45) is 6.09. The van der Waals surface area contributed by atoms with Gasteiger partial charge in [-0.2, -0.15) is 4.99 Å². The number of hydrogen-bond donors (Lipinski definition) is 1. The van der Waals surface area contributed by atoms with Crippen molar-refractivity contribution in [2.75, 3.05) is 5.32 Å². The molecule has 0 saturated heterocycles. The number of isocyanates is 1. The Labute approximate surface area is 105 Å². The third-order valence-electron chi connectivity index (χ3n) is 3.96. The zero-order valence-corrected chi connectivity index (χ0v) is 10.0. The van der Waals surface area contributed by atoms with Crippen LogP contribution in [0.3, 0.4) is 0 Å². The highest BCUT2D eigenvalue weighted by Crippen LogP contribution is 2.43. The van der Waals surface area contributed by atoms with E-state index in [-0.39, 0.29) is 5.91 Å². The summed E-state index contributed by atoms with van der Waals surface area (Å²) in [5.41, 5.74) is 2.53. The zero-order chi connectivity index (χ0) is 12.6. The molecule has 0 spiro atoms. The molecule has 1 aliphatic heterocycles. The van der Waals surface area contributed by atoms with Crippen molar-refractivity contribution < 1.29 is 9.59 Å². The van der Waals surface area contributed by atoms with Crippen LogP contribution >= 0.6 is 0 Å². The van der Waals surface area contributed by atoms with Crippen molar-refractivity contribution in [2.45, 2.75) is 37.6 Å². The third-order valence-corrected chi connectivity index (χ3v) is 3.96. The maximum Gasteiger partial charge on any atom is 0.235 e. The van der Waals surface area contributed by atoms with E-state index in [4.69, 9.17) is 0 Å². The molecule has 1 fully saturated rings. The smallest absolute Gasteiger partial charge is 0.235 e. The molecule has 1 N–H and O–H groups in total. The predicted molar refractivity (Wildman–Crippen MR) is 67.0 cm³/mol.